The van der Waals surface area contributed by atoms with Gasteiger partial charge >= 0.3 is 0 Å². The van der Waals surface area contributed by atoms with Crippen LogP contribution in [0.25, 0.3) is 11.5 Å². The quantitative estimate of drug-likeness (QED) is 0.423. The molecular formula is C26H30N4O5S. The van der Waals surface area contributed by atoms with E-state index in [0.29, 0.717) is 37.2 Å². The summed E-state index contributed by atoms with van der Waals surface area (Å²) >= 11 is 0. The Kier molecular flexibility index (Phi) is 6.57. The summed E-state index contributed by atoms with van der Waals surface area (Å²) in [5.74, 6) is 1.85. The second-order valence-electron chi connectivity index (χ2n) is 9.63. The second kappa shape index (κ2) is 9.67. The van der Waals surface area contributed by atoms with Crippen LogP contribution in [0.2, 0.25) is 0 Å². The molecule has 0 aliphatic carbocycles. The Labute approximate surface area is 211 Å². The lowest BCUT2D eigenvalue weighted by atomic mass is 9.86. The van der Waals surface area contributed by atoms with Crippen LogP contribution in [0.3, 0.4) is 0 Å². The fraction of sp³-hybridized carbons (Fsp3) is 0.423. The number of benzene rings is 2. The first-order chi connectivity index (χ1) is 17.3. The molecule has 3 heterocycles. The number of aromatic nitrogens is 2. The minimum absolute atomic E-state index is 0.0204. The van der Waals surface area contributed by atoms with Gasteiger partial charge in [-0.2, -0.15) is 4.31 Å². The summed E-state index contributed by atoms with van der Waals surface area (Å²) in [5.41, 5.74) is 2.88. The zero-order valence-corrected chi connectivity index (χ0v) is 21.4. The minimum Gasteiger partial charge on any atom is -0.491 e. The maximum absolute atomic E-state index is 13.3. The molecule has 10 heteroatoms. The van der Waals surface area contributed by atoms with Gasteiger partial charge in [-0.25, -0.2) is 8.42 Å². The van der Waals surface area contributed by atoms with Crippen molar-refractivity contribution in [2.75, 3.05) is 31.1 Å². The maximum atomic E-state index is 13.3. The van der Waals surface area contributed by atoms with Crippen molar-refractivity contribution in [3.8, 4) is 17.2 Å². The second-order valence-corrected chi connectivity index (χ2v) is 11.6. The number of aryl methyl sites for hydroxylation is 1. The molecule has 2 atom stereocenters. The highest BCUT2D eigenvalue weighted by Gasteiger charge is 2.41. The van der Waals surface area contributed by atoms with E-state index >= 15 is 0 Å². The number of nitrogens with zero attached hydrogens (tertiary/aromatic N) is 4. The zero-order valence-electron chi connectivity index (χ0n) is 20.6. The lowest BCUT2D eigenvalue weighted by Gasteiger charge is -2.21. The molecule has 36 heavy (non-hydrogen) atoms. The molecule has 0 bridgehead atoms. The van der Waals surface area contributed by atoms with Gasteiger partial charge in [0.15, 0.2) is 0 Å². The summed E-state index contributed by atoms with van der Waals surface area (Å²) in [6.45, 7) is 7.45. The van der Waals surface area contributed by atoms with Gasteiger partial charge in [-0.15, -0.1) is 10.2 Å². The van der Waals surface area contributed by atoms with Crippen LogP contribution in [-0.4, -0.2) is 61.5 Å². The van der Waals surface area contributed by atoms with Crippen molar-refractivity contribution in [2.45, 2.75) is 44.1 Å². The Hall–Kier alpha value is -3.24. The van der Waals surface area contributed by atoms with Crippen LogP contribution < -0.4 is 9.64 Å². The topological polar surface area (TPSA) is 106 Å². The standard InChI is InChI=1S/C26H30N4O5S/c1-17(2)34-21-5-7-22(8-6-21)36(32,33)30-11-10-20(15-30)24-16-29(12-13-31)25-14-19(4-9-23(24)25)26-28-27-18(3)35-26/h4-9,13-14,17,20,24H,10-12,15-16H2,1-3H3. The lowest BCUT2D eigenvalue weighted by molar-refractivity contribution is -0.106. The average molecular weight is 511 g/mol. The van der Waals surface area contributed by atoms with Crippen LogP contribution in [0.5, 0.6) is 5.75 Å². The van der Waals surface area contributed by atoms with E-state index in [1.165, 1.54) is 0 Å². The number of ether oxygens (including phenoxy) is 1. The summed E-state index contributed by atoms with van der Waals surface area (Å²) in [4.78, 5) is 13.7. The molecule has 0 N–H and O–H groups in total. The van der Waals surface area contributed by atoms with Crippen molar-refractivity contribution < 1.29 is 22.4 Å². The lowest BCUT2D eigenvalue weighted by Crippen LogP contribution is -2.31. The Morgan fingerprint density at radius 1 is 1.14 bits per heavy atom. The van der Waals surface area contributed by atoms with Gasteiger partial charge in [-0.05, 0) is 68.1 Å². The molecule has 2 aliphatic rings. The number of hydrogen-bond acceptors (Lipinski definition) is 8. The average Bonchev–Trinajstić information content (AvgIpc) is 3.58. The Balaban J connectivity index is 1.36. The molecule has 2 aliphatic heterocycles. The normalized spacial score (nSPS) is 20.2. The third kappa shape index (κ3) is 4.62. The van der Waals surface area contributed by atoms with Crippen LogP contribution in [0.1, 0.15) is 37.6 Å². The van der Waals surface area contributed by atoms with Gasteiger partial charge < -0.3 is 18.8 Å². The van der Waals surface area contributed by atoms with E-state index in [4.69, 9.17) is 9.15 Å². The van der Waals surface area contributed by atoms with Crippen LogP contribution in [0.15, 0.2) is 51.8 Å². The fourth-order valence-corrected chi connectivity index (χ4v) is 6.70. The SMILES string of the molecule is Cc1nnc(-c2ccc3c(c2)N(CC=O)CC3C2CCN(S(=O)(=O)c3ccc(OC(C)C)cc3)C2)o1. The van der Waals surface area contributed by atoms with Gasteiger partial charge in [0, 0.05) is 43.7 Å². The van der Waals surface area contributed by atoms with Crippen molar-refractivity contribution in [1.82, 2.24) is 14.5 Å². The van der Waals surface area contributed by atoms with E-state index in [9.17, 15) is 13.2 Å². The minimum atomic E-state index is -3.61. The molecular weight excluding hydrogens is 480 g/mol. The van der Waals surface area contributed by atoms with E-state index in [1.807, 2.05) is 36.9 Å². The molecule has 0 saturated carbocycles. The van der Waals surface area contributed by atoms with E-state index in [0.717, 1.165) is 29.5 Å². The van der Waals surface area contributed by atoms with Crippen molar-refractivity contribution >= 4 is 22.0 Å². The van der Waals surface area contributed by atoms with E-state index < -0.39 is 10.0 Å². The van der Waals surface area contributed by atoms with Crippen LogP contribution in [0, 0.1) is 12.8 Å². The molecule has 0 radical (unpaired) electrons. The van der Waals surface area contributed by atoms with Crippen LogP contribution in [-0.2, 0) is 14.8 Å². The molecule has 0 spiro atoms. The number of hydrogen-bond donors (Lipinski definition) is 0. The Bertz CT molecular complexity index is 1350. The molecule has 1 aromatic heterocycles. The number of sulfonamides is 1. The molecule has 1 saturated heterocycles. The van der Waals surface area contributed by atoms with E-state index in [2.05, 4.69) is 10.2 Å². The van der Waals surface area contributed by atoms with E-state index in [1.54, 1.807) is 35.5 Å². The smallest absolute Gasteiger partial charge is 0.247 e. The molecule has 3 aromatic rings. The molecule has 2 aromatic carbocycles. The van der Waals surface area contributed by atoms with Crippen molar-refractivity contribution in [2.24, 2.45) is 5.92 Å². The fourth-order valence-electron chi connectivity index (χ4n) is 5.19. The number of carbonyl (C=O) groups is 1. The van der Waals surface area contributed by atoms with Gasteiger partial charge in [0.25, 0.3) is 0 Å². The summed E-state index contributed by atoms with van der Waals surface area (Å²) in [7, 11) is -3.61. The zero-order chi connectivity index (χ0) is 25.4. The molecule has 5 rings (SSSR count). The molecule has 1 fully saturated rings. The highest BCUT2D eigenvalue weighted by molar-refractivity contribution is 7.89. The number of carbonyl (C=O) groups excluding carboxylic acids is 1. The third-order valence-corrected chi connectivity index (χ3v) is 8.72. The summed E-state index contributed by atoms with van der Waals surface area (Å²) < 4.78 is 39.5. The molecule has 0 amide bonds. The van der Waals surface area contributed by atoms with Gasteiger partial charge in [0.2, 0.25) is 21.8 Å². The van der Waals surface area contributed by atoms with Crippen molar-refractivity contribution in [1.29, 1.82) is 0 Å². The molecule has 2 unspecified atom stereocenters. The van der Waals surface area contributed by atoms with Gasteiger partial charge in [0.05, 0.1) is 17.5 Å². The Morgan fingerprint density at radius 2 is 1.92 bits per heavy atom. The third-order valence-electron chi connectivity index (χ3n) is 6.85. The molecule has 9 nitrogen and oxygen atoms in total. The predicted molar refractivity (Wildman–Crippen MR) is 135 cm³/mol. The predicted octanol–water partition coefficient (Wildman–Crippen LogP) is 3.65. The largest absolute Gasteiger partial charge is 0.491 e. The highest BCUT2D eigenvalue weighted by atomic mass is 32.2. The maximum Gasteiger partial charge on any atom is 0.247 e. The highest BCUT2D eigenvalue weighted by Crippen LogP contribution is 2.45. The summed E-state index contributed by atoms with van der Waals surface area (Å²) in [6.07, 6.45) is 1.68. The first-order valence-electron chi connectivity index (χ1n) is 12.2. The van der Waals surface area contributed by atoms with Crippen LogP contribution >= 0.6 is 0 Å². The first kappa shape index (κ1) is 24.5. The number of anilines is 1. The number of aldehydes is 1. The summed E-state index contributed by atoms with van der Waals surface area (Å²) in [5, 5.41) is 8.02. The monoisotopic (exact) mass is 510 g/mol. The van der Waals surface area contributed by atoms with Gasteiger partial charge in [-0.3, -0.25) is 0 Å². The van der Waals surface area contributed by atoms with Gasteiger partial charge in [-0.1, -0.05) is 6.07 Å². The number of rotatable bonds is 8. The molecule has 190 valence electrons. The Morgan fingerprint density at radius 3 is 2.58 bits per heavy atom. The van der Waals surface area contributed by atoms with Gasteiger partial charge in [0.1, 0.15) is 12.0 Å². The number of fused-ring (bicyclic) bond motifs is 1. The summed E-state index contributed by atoms with van der Waals surface area (Å²) in [6, 6.07) is 12.6. The van der Waals surface area contributed by atoms with E-state index in [-0.39, 0.29) is 29.4 Å². The van der Waals surface area contributed by atoms with Crippen molar-refractivity contribution in [3.63, 3.8) is 0 Å². The van der Waals surface area contributed by atoms with Crippen molar-refractivity contribution in [3.05, 3.63) is 53.9 Å². The van der Waals surface area contributed by atoms with Crippen LogP contribution in [0.4, 0.5) is 5.69 Å². The first-order valence-corrected chi connectivity index (χ1v) is 13.6.